The van der Waals surface area contributed by atoms with Crippen molar-refractivity contribution >= 4 is 21.4 Å². The summed E-state index contributed by atoms with van der Waals surface area (Å²) in [6.07, 6.45) is 2.73. The summed E-state index contributed by atoms with van der Waals surface area (Å²) in [5.74, 6) is 0.696. The van der Waals surface area contributed by atoms with Crippen molar-refractivity contribution in [2.45, 2.75) is 17.7 Å². The number of benzene rings is 1. The number of aromatic nitrogens is 2. The number of ether oxygens (including phenoxy) is 1. The first-order chi connectivity index (χ1) is 9.40. The monoisotopic (exact) mass is 312 g/mol. The Labute approximate surface area is 122 Å². The lowest BCUT2D eigenvalue weighted by molar-refractivity contribution is 0.438. The van der Waals surface area contributed by atoms with Crippen LogP contribution in [0.15, 0.2) is 35.4 Å². The van der Waals surface area contributed by atoms with Gasteiger partial charge < -0.3 is 4.74 Å². The van der Waals surface area contributed by atoms with Crippen LogP contribution in [0, 0.1) is 6.92 Å². The largest absolute Gasteiger partial charge is 0.424 e. The summed E-state index contributed by atoms with van der Waals surface area (Å²) in [4.78, 5) is 8.38. The Morgan fingerprint density at radius 3 is 2.70 bits per heavy atom. The highest BCUT2D eigenvalue weighted by Crippen LogP contribution is 2.22. The minimum Gasteiger partial charge on any atom is -0.424 e. The normalized spacial score (nSPS) is 11.3. The second-order valence-corrected chi connectivity index (χ2v) is 6.53. The van der Waals surface area contributed by atoms with Crippen LogP contribution >= 0.6 is 11.6 Å². The zero-order chi connectivity index (χ0) is 14.8. The molecule has 0 radical (unpaired) electrons. The van der Waals surface area contributed by atoms with Crippen LogP contribution in [0.4, 0.5) is 0 Å². The van der Waals surface area contributed by atoms with Gasteiger partial charge in [-0.05, 0) is 25.1 Å². The van der Waals surface area contributed by atoms with Gasteiger partial charge in [-0.15, -0.1) is 11.6 Å². The molecule has 0 fully saturated rings. The van der Waals surface area contributed by atoms with Gasteiger partial charge in [0, 0.05) is 23.7 Å². The van der Waals surface area contributed by atoms with Gasteiger partial charge in [0.2, 0.25) is 0 Å². The van der Waals surface area contributed by atoms with Crippen molar-refractivity contribution in [2.75, 3.05) is 6.26 Å². The van der Waals surface area contributed by atoms with Crippen molar-refractivity contribution in [3.8, 4) is 11.8 Å². The molecule has 0 spiro atoms. The molecule has 0 aliphatic carbocycles. The molecule has 1 aromatic heterocycles. The predicted octanol–water partition coefficient (Wildman–Crippen LogP) is 2.72. The number of rotatable bonds is 4. The lowest BCUT2D eigenvalue weighted by Gasteiger charge is -2.07. The second kappa shape index (κ2) is 5.76. The third-order valence-electron chi connectivity index (χ3n) is 2.65. The lowest BCUT2D eigenvalue weighted by atomic mass is 10.3. The molecule has 0 amide bonds. The van der Waals surface area contributed by atoms with E-state index < -0.39 is 9.84 Å². The van der Waals surface area contributed by atoms with Gasteiger partial charge in [-0.1, -0.05) is 6.07 Å². The van der Waals surface area contributed by atoms with Gasteiger partial charge in [0.1, 0.15) is 5.75 Å². The van der Waals surface area contributed by atoms with Gasteiger partial charge in [-0.3, -0.25) is 0 Å². The van der Waals surface area contributed by atoms with E-state index in [1.54, 1.807) is 25.3 Å². The standard InChI is InChI=1S/C13H13ClN2O3S/c1-9-10(7-14)8-15-13(16-9)19-11-4-3-5-12(6-11)20(2,17)18/h3-6,8H,7H2,1-2H3. The zero-order valence-electron chi connectivity index (χ0n) is 11.0. The quantitative estimate of drug-likeness (QED) is 0.812. The van der Waals surface area contributed by atoms with Crippen LogP contribution < -0.4 is 4.74 Å². The third kappa shape index (κ3) is 3.46. The van der Waals surface area contributed by atoms with Crippen LogP contribution in [0.1, 0.15) is 11.3 Å². The molecule has 20 heavy (non-hydrogen) atoms. The summed E-state index contributed by atoms with van der Waals surface area (Å²) in [5, 5.41) is 0. The van der Waals surface area contributed by atoms with Gasteiger partial charge in [0.15, 0.2) is 9.84 Å². The number of halogens is 1. The topological polar surface area (TPSA) is 69.2 Å². The van der Waals surface area contributed by atoms with Crippen molar-refractivity contribution < 1.29 is 13.2 Å². The van der Waals surface area contributed by atoms with E-state index in [1.165, 1.54) is 12.1 Å². The number of nitrogens with zero attached hydrogens (tertiary/aromatic N) is 2. The average molecular weight is 313 g/mol. The maximum Gasteiger partial charge on any atom is 0.322 e. The summed E-state index contributed by atoms with van der Waals surface area (Å²) in [5.41, 5.74) is 1.55. The van der Waals surface area contributed by atoms with Gasteiger partial charge in [0.05, 0.1) is 10.8 Å². The second-order valence-electron chi connectivity index (χ2n) is 4.25. The Balaban J connectivity index is 2.29. The molecule has 0 aliphatic rings. The number of hydrogen-bond acceptors (Lipinski definition) is 5. The van der Waals surface area contributed by atoms with Crippen LogP contribution in [-0.2, 0) is 15.7 Å². The molecule has 2 aromatic rings. The number of aryl methyl sites for hydroxylation is 1. The van der Waals surface area contributed by atoms with Gasteiger partial charge in [-0.25, -0.2) is 13.4 Å². The Morgan fingerprint density at radius 2 is 2.10 bits per heavy atom. The minimum absolute atomic E-state index is 0.155. The van der Waals surface area contributed by atoms with Gasteiger partial charge in [-0.2, -0.15) is 4.98 Å². The van der Waals surface area contributed by atoms with E-state index >= 15 is 0 Å². The Hall–Kier alpha value is -1.66. The van der Waals surface area contributed by atoms with Crippen LogP contribution in [0.25, 0.3) is 0 Å². The molecule has 0 saturated heterocycles. The fourth-order valence-corrected chi connectivity index (χ4v) is 2.44. The molecule has 106 valence electrons. The molecule has 0 atom stereocenters. The summed E-state index contributed by atoms with van der Waals surface area (Å²) >= 11 is 5.73. The predicted molar refractivity (Wildman–Crippen MR) is 76.0 cm³/mol. The van der Waals surface area contributed by atoms with Crippen LogP contribution in [0.5, 0.6) is 11.8 Å². The van der Waals surface area contributed by atoms with Crippen LogP contribution in [0.2, 0.25) is 0 Å². The van der Waals surface area contributed by atoms with Crippen LogP contribution in [0.3, 0.4) is 0 Å². The molecule has 2 rings (SSSR count). The molecule has 1 aromatic carbocycles. The number of hydrogen-bond donors (Lipinski definition) is 0. The van der Waals surface area contributed by atoms with Crippen molar-refractivity contribution in [1.82, 2.24) is 9.97 Å². The first kappa shape index (κ1) is 14.7. The van der Waals surface area contributed by atoms with E-state index in [9.17, 15) is 8.42 Å². The van der Waals surface area contributed by atoms with Gasteiger partial charge >= 0.3 is 6.01 Å². The Kier molecular flexibility index (Phi) is 4.25. The highest BCUT2D eigenvalue weighted by atomic mass is 35.5. The Morgan fingerprint density at radius 1 is 1.35 bits per heavy atom. The van der Waals surface area contributed by atoms with E-state index in [0.717, 1.165) is 17.5 Å². The number of sulfone groups is 1. The van der Waals surface area contributed by atoms with Crippen molar-refractivity contribution in [3.63, 3.8) is 0 Å². The van der Waals surface area contributed by atoms with E-state index in [1.807, 2.05) is 0 Å². The molecule has 0 unspecified atom stereocenters. The van der Waals surface area contributed by atoms with Crippen LogP contribution in [-0.4, -0.2) is 24.6 Å². The first-order valence-electron chi connectivity index (χ1n) is 5.76. The van der Waals surface area contributed by atoms with Crippen molar-refractivity contribution in [3.05, 3.63) is 41.7 Å². The molecule has 7 heteroatoms. The van der Waals surface area contributed by atoms with E-state index in [4.69, 9.17) is 16.3 Å². The molecule has 0 N–H and O–H groups in total. The summed E-state index contributed by atoms with van der Waals surface area (Å²) in [7, 11) is -3.27. The smallest absolute Gasteiger partial charge is 0.322 e. The third-order valence-corrected chi connectivity index (χ3v) is 4.04. The number of alkyl halides is 1. The molecule has 0 aliphatic heterocycles. The van der Waals surface area contributed by atoms with E-state index in [-0.39, 0.29) is 10.9 Å². The maximum absolute atomic E-state index is 11.5. The summed E-state index contributed by atoms with van der Waals surface area (Å²) in [6, 6.07) is 6.34. The lowest BCUT2D eigenvalue weighted by Crippen LogP contribution is -1.99. The molecular formula is C13H13ClN2O3S. The molecular weight excluding hydrogens is 300 g/mol. The minimum atomic E-state index is -3.27. The summed E-state index contributed by atoms with van der Waals surface area (Å²) < 4.78 is 28.4. The highest BCUT2D eigenvalue weighted by molar-refractivity contribution is 7.90. The fraction of sp³-hybridized carbons (Fsp3) is 0.231. The highest BCUT2D eigenvalue weighted by Gasteiger charge is 2.10. The Bertz CT molecular complexity index is 732. The van der Waals surface area contributed by atoms with E-state index in [2.05, 4.69) is 9.97 Å². The molecule has 1 heterocycles. The fourth-order valence-electron chi connectivity index (χ4n) is 1.52. The van der Waals surface area contributed by atoms with Gasteiger partial charge in [0.25, 0.3) is 0 Å². The molecule has 0 saturated carbocycles. The maximum atomic E-state index is 11.5. The SMILES string of the molecule is Cc1nc(Oc2cccc(S(C)(=O)=O)c2)ncc1CCl. The first-order valence-corrected chi connectivity index (χ1v) is 8.19. The molecule has 5 nitrogen and oxygen atoms in total. The van der Waals surface area contributed by atoms with Crippen molar-refractivity contribution in [2.24, 2.45) is 0 Å². The zero-order valence-corrected chi connectivity index (χ0v) is 12.6. The average Bonchev–Trinajstić information content (AvgIpc) is 2.38. The van der Waals surface area contributed by atoms with E-state index in [0.29, 0.717) is 11.6 Å². The molecule has 0 bridgehead atoms. The van der Waals surface area contributed by atoms with Crippen molar-refractivity contribution in [1.29, 1.82) is 0 Å². The summed E-state index contributed by atoms with van der Waals surface area (Å²) in [6.45, 7) is 1.80.